The Balaban J connectivity index is 2.17. The van der Waals surface area contributed by atoms with Gasteiger partial charge in [-0.1, -0.05) is 29.8 Å². The molecular formula is C12H16F3N. The summed E-state index contributed by atoms with van der Waals surface area (Å²) in [4.78, 5) is 0. The Labute approximate surface area is 93.7 Å². The summed E-state index contributed by atoms with van der Waals surface area (Å²) in [6, 6.07) is 7.93. The fourth-order valence-electron chi connectivity index (χ4n) is 1.47. The van der Waals surface area contributed by atoms with Crippen molar-refractivity contribution in [2.75, 3.05) is 6.54 Å². The predicted octanol–water partition coefficient (Wildman–Crippen LogP) is 3.43. The van der Waals surface area contributed by atoms with E-state index in [4.69, 9.17) is 0 Å². The van der Waals surface area contributed by atoms with Gasteiger partial charge in [-0.05, 0) is 25.5 Å². The lowest BCUT2D eigenvalue weighted by atomic mass is 10.1. The minimum absolute atomic E-state index is 0.134. The highest BCUT2D eigenvalue weighted by Crippen LogP contribution is 2.20. The van der Waals surface area contributed by atoms with E-state index in [1.807, 2.05) is 31.2 Å². The third-order valence-electron chi connectivity index (χ3n) is 2.23. The molecule has 0 unspecified atom stereocenters. The van der Waals surface area contributed by atoms with Crippen molar-refractivity contribution in [1.82, 2.24) is 5.32 Å². The van der Waals surface area contributed by atoms with Crippen LogP contribution in [0.3, 0.4) is 0 Å². The largest absolute Gasteiger partial charge is 0.389 e. The summed E-state index contributed by atoms with van der Waals surface area (Å²) >= 11 is 0. The van der Waals surface area contributed by atoms with Crippen molar-refractivity contribution < 1.29 is 13.2 Å². The molecule has 1 rings (SSSR count). The lowest BCUT2D eigenvalue weighted by Crippen LogP contribution is -2.17. The first-order valence-corrected chi connectivity index (χ1v) is 5.30. The number of aryl methyl sites for hydroxylation is 1. The van der Waals surface area contributed by atoms with Gasteiger partial charge in [0.25, 0.3) is 0 Å². The van der Waals surface area contributed by atoms with Gasteiger partial charge >= 0.3 is 6.18 Å². The number of nitrogens with one attached hydrogen (secondary N) is 1. The predicted molar refractivity (Wildman–Crippen MR) is 58.2 cm³/mol. The van der Waals surface area contributed by atoms with E-state index in [2.05, 4.69) is 5.32 Å². The maximum absolute atomic E-state index is 11.8. The van der Waals surface area contributed by atoms with Gasteiger partial charge in [-0.15, -0.1) is 0 Å². The molecule has 0 amide bonds. The molecule has 0 heterocycles. The van der Waals surface area contributed by atoms with Gasteiger partial charge in [0.1, 0.15) is 0 Å². The average molecular weight is 231 g/mol. The Morgan fingerprint density at radius 3 is 2.62 bits per heavy atom. The van der Waals surface area contributed by atoms with Crippen LogP contribution in [-0.2, 0) is 6.54 Å². The van der Waals surface area contributed by atoms with Crippen LogP contribution < -0.4 is 5.32 Å². The van der Waals surface area contributed by atoms with E-state index in [-0.39, 0.29) is 6.42 Å². The van der Waals surface area contributed by atoms with E-state index in [1.165, 1.54) is 0 Å². The Morgan fingerprint density at radius 1 is 1.25 bits per heavy atom. The van der Waals surface area contributed by atoms with E-state index in [1.54, 1.807) is 0 Å². The Bertz CT molecular complexity index is 320. The first kappa shape index (κ1) is 13.0. The van der Waals surface area contributed by atoms with Gasteiger partial charge in [0.15, 0.2) is 0 Å². The molecule has 1 N–H and O–H groups in total. The zero-order valence-electron chi connectivity index (χ0n) is 9.27. The fourth-order valence-corrected chi connectivity index (χ4v) is 1.47. The molecule has 0 aliphatic heterocycles. The summed E-state index contributed by atoms with van der Waals surface area (Å²) in [6.07, 6.45) is -4.62. The molecule has 0 saturated heterocycles. The van der Waals surface area contributed by atoms with Crippen LogP contribution in [0.5, 0.6) is 0 Å². The number of benzene rings is 1. The van der Waals surface area contributed by atoms with Gasteiger partial charge < -0.3 is 5.32 Å². The Kier molecular flexibility index (Phi) is 4.80. The molecule has 0 bridgehead atoms. The molecular weight excluding hydrogens is 215 g/mol. The molecule has 16 heavy (non-hydrogen) atoms. The Hall–Kier alpha value is -1.03. The van der Waals surface area contributed by atoms with E-state index in [0.717, 1.165) is 11.1 Å². The number of rotatable bonds is 5. The van der Waals surface area contributed by atoms with Crippen molar-refractivity contribution in [2.24, 2.45) is 0 Å². The second-order valence-corrected chi connectivity index (χ2v) is 3.88. The van der Waals surface area contributed by atoms with Gasteiger partial charge in [-0.3, -0.25) is 0 Å². The highest BCUT2D eigenvalue weighted by molar-refractivity contribution is 5.21. The average Bonchev–Trinajstić information content (AvgIpc) is 2.15. The minimum atomic E-state index is -4.04. The van der Waals surface area contributed by atoms with Crippen molar-refractivity contribution >= 4 is 0 Å². The second kappa shape index (κ2) is 5.89. The standard InChI is InChI=1S/C12H16F3N/c1-10-4-2-5-11(8-10)9-16-7-3-6-12(13,14)15/h2,4-5,8,16H,3,6-7,9H2,1H3. The number of halogens is 3. The minimum Gasteiger partial charge on any atom is -0.313 e. The monoisotopic (exact) mass is 231 g/mol. The number of alkyl halides is 3. The molecule has 0 saturated carbocycles. The molecule has 4 heteroatoms. The highest BCUT2D eigenvalue weighted by atomic mass is 19.4. The van der Waals surface area contributed by atoms with Crippen LogP contribution in [0.15, 0.2) is 24.3 Å². The maximum atomic E-state index is 11.8. The SMILES string of the molecule is Cc1cccc(CNCCCC(F)(F)F)c1. The van der Waals surface area contributed by atoms with Crippen LogP contribution in [0.1, 0.15) is 24.0 Å². The van der Waals surface area contributed by atoms with Gasteiger partial charge in [-0.2, -0.15) is 13.2 Å². The van der Waals surface area contributed by atoms with Crippen LogP contribution >= 0.6 is 0 Å². The van der Waals surface area contributed by atoms with E-state index in [9.17, 15) is 13.2 Å². The van der Waals surface area contributed by atoms with Gasteiger partial charge in [0.2, 0.25) is 0 Å². The third kappa shape index (κ3) is 5.75. The molecule has 1 aromatic rings. The van der Waals surface area contributed by atoms with Crippen molar-refractivity contribution in [3.63, 3.8) is 0 Å². The van der Waals surface area contributed by atoms with Crippen LogP contribution in [0.2, 0.25) is 0 Å². The molecule has 1 aromatic carbocycles. The van der Waals surface area contributed by atoms with Gasteiger partial charge in [-0.25, -0.2) is 0 Å². The quantitative estimate of drug-likeness (QED) is 0.765. The van der Waals surface area contributed by atoms with E-state index >= 15 is 0 Å². The van der Waals surface area contributed by atoms with Crippen LogP contribution in [0.25, 0.3) is 0 Å². The summed E-state index contributed by atoms with van der Waals surface area (Å²) in [6.45, 7) is 3.01. The highest BCUT2D eigenvalue weighted by Gasteiger charge is 2.25. The first-order valence-electron chi connectivity index (χ1n) is 5.30. The first-order chi connectivity index (χ1) is 7.47. The summed E-state index contributed by atoms with van der Waals surface area (Å²) < 4.78 is 35.5. The van der Waals surface area contributed by atoms with Crippen molar-refractivity contribution in [3.05, 3.63) is 35.4 Å². The number of hydrogen-bond donors (Lipinski definition) is 1. The molecule has 0 aromatic heterocycles. The van der Waals surface area contributed by atoms with Gasteiger partial charge in [0, 0.05) is 13.0 Å². The van der Waals surface area contributed by atoms with Crippen LogP contribution in [0, 0.1) is 6.92 Å². The molecule has 0 aliphatic rings. The Morgan fingerprint density at radius 2 is 2.00 bits per heavy atom. The summed E-state index contributed by atoms with van der Waals surface area (Å²) in [5.74, 6) is 0. The van der Waals surface area contributed by atoms with Crippen LogP contribution in [0.4, 0.5) is 13.2 Å². The molecule has 1 nitrogen and oxygen atoms in total. The summed E-state index contributed by atoms with van der Waals surface area (Å²) in [5.41, 5.74) is 2.27. The fraction of sp³-hybridized carbons (Fsp3) is 0.500. The molecule has 0 radical (unpaired) electrons. The lowest BCUT2D eigenvalue weighted by molar-refractivity contribution is -0.135. The molecule has 0 aliphatic carbocycles. The normalized spacial score (nSPS) is 11.8. The lowest BCUT2D eigenvalue weighted by Gasteiger charge is -2.07. The zero-order valence-corrected chi connectivity index (χ0v) is 9.27. The second-order valence-electron chi connectivity index (χ2n) is 3.88. The van der Waals surface area contributed by atoms with E-state index < -0.39 is 12.6 Å². The number of hydrogen-bond acceptors (Lipinski definition) is 1. The van der Waals surface area contributed by atoms with E-state index in [0.29, 0.717) is 13.1 Å². The molecule has 0 spiro atoms. The van der Waals surface area contributed by atoms with Crippen molar-refractivity contribution in [2.45, 2.75) is 32.5 Å². The van der Waals surface area contributed by atoms with Crippen LogP contribution in [-0.4, -0.2) is 12.7 Å². The van der Waals surface area contributed by atoms with Crippen molar-refractivity contribution in [3.8, 4) is 0 Å². The third-order valence-corrected chi connectivity index (χ3v) is 2.23. The topological polar surface area (TPSA) is 12.0 Å². The van der Waals surface area contributed by atoms with Gasteiger partial charge in [0.05, 0.1) is 0 Å². The summed E-state index contributed by atoms with van der Waals surface area (Å²) in [7, 11) is 0. The van der Waals surface area contributed by atoms with Crippen molar-refractivity contribution in [1.29, 1.82) is 0 Å². The molecule has 0 atom stereocenters. The zero-order chi connectivity index (χ0) is 12.0. The smallest absolute Gasteiger partial charge is 0.313 e. The summed E-state index contributed by atoms with van der Waals surface area (Å²) in [5, 5.41) is 3.00. The molecule has 0 fully saturated rings. The molecule has 90 valence electrons. The maximum Gasteiger partial charge on any atom is 0.389 e.